The first-order valence-corrected chi connectivity index (χ1v) is 15.9. The molecule has 0 radical (unpaired) electrons. The molecule has 42 heavy (non-hydrogen) atoms. The van der Waals surface area contributed by atoms with Gasteiger partial charge >= 0.3 is 0 Å². The molecular weight excluding hydrogens is 550 g/mol. The van der Waals surface area contributed by atoms with Gasteiger partial charge in [0.1, 0.15) is 0 Å². The third-order valence-electron chi connectivity index (χ3n) is 7.19. The minimum Gasteiger partial charge on any atom is -0.366 e. The Bertz CT molecular complexity index is 1440. The third kappa shape index (κ3) is 8.72. The minimum atomic E-state index is -0.519. The molecule has 0 unspecified atom stereocenters. The van der Waals surface area contributed by atoms with Crippen molar-refractivity contribution in [1.29, 1.82) is 0 Å². The molecule has 0 aliphatic carbocycles. The molecule has 224 valence electrons. The topological polar surface area (TPSA) is 148 Å². The lowest BCUT2D eigenvalue weighted by molar-refractivity contribution is -0.113. The number of nitrogens with two attached hydrogens (primary N) is 1. The van der Waals surface area contributed by atoms with Crippen LogP contribution in [0.4, 0.5) is 17.5 Å². The largest absolute Gasteiger partial charge is 0.366 e. The Labute approximate surface area is 249 Å². The maximum atomic E-state index is 11.2. The first-order chi connectivity index (χ1) is 20.3. The minimum absolute atomic E-state index is 0.295. The number of H-pyrrole nitrogens is 1. The number of benzene rings is 1. The van der Waals surface area contributed by atoms with Gasteiger partial charge in [0.15, 0.2) is 17.0 Å². The van der Waals surface area contributed by atoms with Crippen molar-refractivity contribution in [3.8, 4) is 0 Å². The van der Waals surface area contributed by atoms with Crippen molar-refractivity contribution in [1.82, 2.24) is 29.7 Å². The molecule has 0 atom stereocenters. The average molecular weight is 592 g/mol. The SMILES string of the molecule is C=CC(N)=O.CC(C)n1cnc2c(Nc3cn[nH]c3)nc(N3CCCC3)nc21.O=S1CCC(Cc2ccccc2)CC1. The van der Waals surface area contributed by atoms with Gasteiger partial charge < -0.3 is 20.5 Å². The van der Waals surface area contributed by atoms with Crippen molar-refractivity contribution in [2.24, 2.45) is 11.7 Å². The molecule has 1 amide bonds. The number of nitrogens with zero attached hydrogens (tertiary/aromatic N) is 6. The molecule has 4 aromatic rings. The molecule has 0 spiro atoms. The zero-order valence-electron chi connectivity index (χ0n) is 24.4. The van der Waals surface area contributed by atoms with E-state index < -0.39 is 16.7 Å². The predicted molar refractivity (Wildman–Crippen MR) is 169 cm³/mol. The van der Waals surface area contributed by atoms with Crippen LogP contribution in [-0.2, 0) is 22.0 Å². The van der Waals surface area contributed by atoms with E-state index in [0.717, 1.165) is 84.5 Å². The van der Waals surface area contributed by atoms with Crippen molar-refractivity contribution >= 4 is 45.3 Å². The number of rotatable bonds is 7. The summed E-state index contributed by atoms with van der Waals surface area (Å²) in [5.41, 5.74) is 8.46. The van der Waals surface area contributed by atoms with Crippen molar-refractivity contribution in [2.45, 2.75) is 52.0 Å². The van der Waals surface area contributed by atoms with E-state index in [4.69, 9.17) is 9.97 Å². The van der Waals surface area contributed by atoms with Crippen LogP contribution in [0.2, 0.25) is 0 Å². The van der Waals surface area contributed by atoms with Gasteiger partial charge in [-0.15, -0.1) is 0 Å². The standard InChI is InChI=1S/C15H20N8.C12H16OS.C3H5NO/c1-10(2)23-9-16-12-13(19-11-7-17-18-8-11)20-15(21-14(12)23)22-5-3-4-6-22;13-14-8-6-12(7-9-14)10-11-4-2-1-3-5-11;1-2-3(4)5/h7-10H,3-6H2,1-2H3,(H,17,18)(H,19,20,21);1-5,12H,6-10H2;2H,1H2,(H2,4,5). The van der Waals surface area contributed by atoms with E-state index in [-0.39, 0.29) is 0 Å². The van der Waals surface area contributed by atoms with Gasteiger partial charge in [0, 0.05) is 47.6 Å². The molecule has 5 heterocycles. The van der Waals surface area contributed by atoms with E-state index in [1.165, 1.54) is 18.4 Å². The lowest BCUT2D eigenvalue weighted by Gasteiger charge is -2.21. The van der Waals surface area contributed by atoms with Crippen LogP contribution < -0.4 is 16.0 Å². The van der Waals surface area contributed by atoms with Crippen LogP contribution >= 0.6 is 0 Å². The van der Waals surface area contributed by atoms with E-state index >= 15 is 0 Å². The summed E-state index contributed by atoms with van der Waals surface area (Å²) >= 11 is 0. The summed E-state index contributed by atoms with van der Waals surface area (Å²) in [5, 5.41) is 10.1. The Kier molecular flexibility index (Phi) is 11.2. The number of hydrogen-bond acceptors (Lipinski definition) is 8. The van der Waals surface area contributed by atoms with E-state index in [9.17, 15) is 9.00 Å². The molecule has 2 aliphatic heterocycles. The molecular formula is C30H41N9O2S. The van der Waals surface area contributed by atoms with Crippen molar-refractivity contribution in [3.05, 3.63) is 67.3 Å². The maximum Gasteiger partial charge on any atom is 0.240 e. The Balaban J connectivity index is 0.000000181. The van der Waals surface area contributed by atoms with Crippen molar-refractivity contribution in [3.63, 3.8) is 0 Å². The number of carbonyl (C=O) groups excluding carboxylic acids is 1. The number of primary amides is 1. The van der Waals surface area contributed by atoms with E-state index in [1.54, 1.807) is 12.4 Å². The zero-order chi connectivity index (χ0) is 29.9. The molecule has 3 aromatic heterocycles. The van der Waals surface area contributed by atoms with Crippen LogP contribution in [0.5, 0.6) is 0 Å². The quantitative estimate of drug-likeness (QED) is 0.266. The van der Waals surface area contributed by atoms with Crippen LogP contribution in [0.1, 0.15) is 51.1 Å². The summed E-state index contributed by atoms with van der Waals surface area (Å²) in [6, 6.07) is 10.9. The summed E-state index contributed by atoms with van der Waals surface area (Å²) in [4.78, 5) is 25.7. The Morgan fingerprint density at radius 1 is 1.19 bits per heavy atom. The van der Waals surface area contributed by atoms with E-state index in [0.29, 0.717) is 6.04 Å². The van der Waals surface area contributed by atoms with E-state index in [2.05, 4.69) is 86.5 Å². The monoisotopic (exact) mass is 591 g/mol. The van der Waals surface area contributed by atoms with Crippen LogP contribution in [0.15, 0.2) is 61.7 Å². The van der Waals surface area contributed by atoms with Crippen LogP contribution in [0.3, 0.4) is 0 Å². The van der Waals surface area contributed by atoms with Gasteiger partial charge in [0.25, 0.3) is 0 Å². The highest BCUT2D eigenvalue weighted by Crippen LogP contribution is 2.28. The van der Waals surface area contributed by atoms with Gasteiger partial charge in [-0.25, -0.2) is 4.98 Å². The fourth-order valence-corrected chi connectivity index (χ4v) is 6.28. The average Bonchev–Trinajstić information content (AvgIpc) is 3.78. The fourth-order valence-electron chi connectivity index (χ4n) is 4.88. The van der Waals surface area contributed by atoms with Gasteiger partial charge in [0.05, 0.1) is 18.2 Å². The van der Waals surface area contributed by atoms with Gasteiger partial charge in [-0.3, -0.25) is 14.1 Å². The zero-order valence-corrected chi connectivity index (χ0v) is 25.2. The molecule has 0 bridgehead atoms. The number of nitrogens with one attached hydrogen (secondary N) is 2. The lowest BCUT2D eigenvalue weighted by atomic mass is 9.94. The number of anilines is 3. The number of aromatic amines is 1. The Morgan fingerprint density at radius 3 is 2.48 bits per heavy atom. The molecule has 12 heteroatoms. The van der Waals surface area contributed by atoms with Gasteiger partial charge in [-0.1, -0.05) is 36.9 Å². The fraction of sp³-hybridized carbons (Fsp3) is 0.433. The van der Waals surface area contributed by atoms with Crippen LogP contribution in [0, 0.1) is 5.92 Å². The second-order valence-corrected chi connectivity index (χ2v) is 12.4. The molecule has 1 aromatic carbocycles. The number of carbonyl (C=O) groups is 1. The molecule has 6 rings (SSSR count). The predicted octanol–water partition coefficient (Wildman–Crippen LogP) is 4.52. The second-order valence-electron chi connectivity index (χ2n) is 10.7. The van der Waals surface area contributed by atoms with Crippen LogP contribution in [0.25, 0.3) is 11.2 Å². The smallest absolute Gasteiger partial charge is 0.240 e. The summed E-state index contributed by atoms with van der Waals surface area (Å²) < 4.78 is 13.3. The Morgan fingerprint density at radius 2 is 1.88 bits per heavy atom. The van der Waals surface area contributed by atoms with Crippen molar-refractivity contribution < 1.29 is 9.00 Å². The lowest BCUT2D eigenvalue weighted by Crippen LogP contribution is -2.21. The normalized spacial score (nSPS) is 18.1. The van der Waals surface area contributed by atoms with E-state index in [1.807, 2.05) is 6.33 Å². The summed E-state index contributed by atoms with van der Waals surface area (Å²) in [7, 11) is -0.519. The first-order valence-electron chi connectivity index (χ1n) is 14.4. The highest BCUT2D eigenvalue weighted by molar-refractivity contribution is 7.85. The number of aromatic nitrogens is 6. The summed E-state index contributed by atoms with van der Waals surface area (Å²) in [6.07, 6.45) is 12.2. The summed E-state index contributed by atoms with van der Waals surface area (Å²) in [6.45, 7) is 9.35. The molecule has 2 fully saturated rings. The van der Waals surface area contributed by atoms with Gasteiger partial charge in [0.2, 0.25) is 11.9 Å². The molecule has 4 N–H and O–H groups in total. The molecule has 2 aliphatic rings. The maximum absolute atomic E-state index is 11.2. The third-order valence-corrected chi connectivity index (χ3v) is 8.57. The number of imidazole rings is 1. The molecule has 2 saturated heterocycles. The highest BCUT2D eigenvalue weighted by Gasteiger charge is 2.21. The van der Waals surface area contributed by atoms with Crippen LogP contribution in [-0.4, -0.2) is 64.4 Å². The molecule has 0 saturated carbocycles. The number of amides is 1. The second kappa shape index (κ2) is 15.2. The summed E-state index contributed by atoms with van der Waals surface area (Å²) in [5.74, 6) is 3.59. The number of fused-ring (bicyclic) bond motifs is 1. The molecule has 11 nitrogen and oxygen atoms in total. The first kappa shape index (κ1) is 30.9. The number of hydrogen-bond donors (Lipinski definition) is 3. The van der Waals surface area contributed by atoms with Crippen molar-refractivity contribution in [2.75, 3.05) is 34.8 Å². The Hall–Kier alpha value is -4.06. The van der Waals surface area contributed by atoms with Gasteiger partial charge in [-0.05, 0) is 63.5 Å². The highest BCUT2D eigenvalue weighted by atomic mass is 32.2. The van der Waals surface area contributed by atoms with Gasteiger partial charge in [-0.2, -0.15) is 15.1 Å².